The highest BCUT2D eigenvalue weighted by atomic mass is 16.5. The quantitative estimate of drug-likeness (QED) is 0.807. The number of nitrogens with zero attached hydrogens (tertiary/aromatic N) is 1. The Bertz CT molecular complexity index is 438. The summed E-state index contributed by atoms with van der Waals surface area (Å²) in [6, 6.07) is 7.76. The molecule has 4 nitrogen and oxygen atoms in total. The van der Waals surface area contributed by atoms with E-state index in [1.54, 1.807) is 0 Å². The van der Waals surface area contributed by atoms with E-state index in [0.717, 1.165) is 18.6 Å². The molecule has 0 aromatic heterocycles. The highest BCUT2D eigenvalue weighted by Gasteiger charge is 2.22. The lowest BCUT2D eigenvalue weighted by Gasteiger charge is -2.31. The first kappa shape index (κ1) is 15.7. The number of carbonyl (C=O) groups is 1. The van der Waals surface area contributed by atoms with Crippen molar-refractivity contribution in [3.05, 3.63) is 24.3 Å². The lowest BCUT2D eigenvalue weighted by Crippen LogP contribution is -2.40. The van der Waals surface area contributed by atoms with Crippen LogP contribution in [0.25, 0.3) is 0 Å². The smallest absolute Gasteiger partial charge is 0.260 e. The van der Waals surface area contributed by atoms with E-state index in [4.69, 9.17) is 9.47 Å². The molecular formula is C17H25NO3. The summed E-state index contributed by atoms with van der Waals surface area (Å²) in [4.78, 5) is 14.0. The first-order valence-corrected chi connectivity index (χ1v) is 7.82. The Balaban J connectivity index is 1.79. The second kappa shape index (κ2) is 7.91. The number of amides is 1. The van der Waals surface area contributed by atoms with Crippen molar-refractivity contribution in [3.63, 3.8) is 0 Å². The van der Waals surface area contributed by atoms with Crippen LogP contribution in [0.2, 0.25) is 0 Å². The van der Waals surface area contributed by atoms with Gasteiger partial charge >= 0.3 is 0 Å². The lowest BCUT2D eigenvalue weighted by molar-refractivity contribution is -0.134. The fraction of sp³-hybridized carbons (Fsp3) is 0.588. The minimum absolute atomic E-state index is 0.0517. The Hall–Kier alpha value is -1.71. The number of ether oxygens (including phenoxy) is 2. The molecule has 1 aliphatic carbocycles. The van der Waals surface area contributed by atoms with E-state index in [0.29, 0.717) is 18.4 Å². The zero-order chi connectivity index (χ0) is 15.1. The molecule has 116 valence electrons. The van der Waals surface area contributed by atoms with E-state index in [-0.39, 0.29) is 12.5 Å². The van der Waals surface area contributed by atoms with Gasteiger partial charge in [-0.1, -0.05) is 19.3 Å². The standard InChI is InChI=1S/C17H25NO3/c1-3-20-15-9-11-16(12-10-15)21-13-17(19)18(2)14-7-5-4-6-8-14/h9-12,14H,3-8,13H2,1-2H3. The van der Waals surface area contributed by atoms with E-state index in [1.165, 1.54) is 19.3 Å². The van der Waals surface area contributed by atoms with Crippen LogP contribution in [-0.2, 0) is 4.79 Å². The summed E-state index contributed by atoms with van der Waals surface area (Å²) in [6.45, 7) is 2.69. The van der Waals surface area contributed by atoms with Crippen molar-refractivity contribution in [2.45, 2.75) is 45.1 Å². The third-order valence-corrected chi connectivity index (χ3v) is 4.01. The molecule has 1 aliphatic rings. The van der Waals surface area contributed by atoms with E-state index >= 15 is 0 Å². The average molecular weight is 291 g/mol. The predicted octanol–water partition coefficient (Wildman–Crippen LogP) is 3.26. The molecule has 0 spiro atoms. The molecular weight excluding hydrogens is 266 g/mol. The number of rotatable bonds is 6. The first-order chi connectivity index (χ1) is 10.2. The highest BCUT2D eigenvalue weighted by Crippen LogP contribution is 2.22. The van der Waals surface area contributed by atoms with Crippen LogP contribution in [-0.4, -0.2) is 37.1 Å². The molecule has 4 heteroatoms. The molecule has 0 unspecified atom stereocenters. The largest absolute Gasteiger partial charge is 0.494 e. The number of hydrogen-bond donors (Lipinski definition) is 0. The summed E-state index contributed by atoms with van der Waals surface area (Å²) in [5.41, 5.74) is 0. The Kier molecular flexibility index (Phi) is 5.90. The summed E-state index contributed by atoms with van der Waals surface area (Å²) in [6.07, 6.45) is 5.97. The lowest BCUT2D eigenvalue weighted by atomic mass is 9.94. The molecule has 1 fully saturated rings. The van der Waals surface area contributed by atoms with Gasteiger partial charge in [-0.15, -0.1) is 0 Å². The second-order valence-corrected chi connectivity index (χ2v) is 5.49. The number of benzene rings is 1. The number of hydrogen-bond acceptors (Lipinski definition) is 3. The van der Waals surface area contributed by atoms with Crippen molar-refractivity contribution in [1.29, 1.82) is 0 Å². The van der Waals surface area contributed by atoms with Crippen molar-refractivity contribution in [2.75, 3.05) is 20.3 Å². The van der Waals surface area contributed by atoms with Crippen LogP contribution in [0.15, 0.2) is 24.3 Å². The summed E-state index contributed by atoms with van der Waals surface area (Å²) in [7, 11) is 1.89. The SMILES string of the molecule is CCOc1ccc(OCC(=O)N(C)C2CCCCC2)cc1. The monoisotopic (exact) mass is 291 g/mol. The molecule has 1 aromatic carbocycles. The van der Waals surface area contributed by atoms with Gasteiger partial charge in [-0.25, -0.2) is 0 Å². The molecule has 1 saturated carbocycles. The zero-order valence-electron chi connectivity index (χ0n) is 13.0. The summed E-state index contributed by atoms with van der Waals surface area (Å²) >= 11 is 0. The van der Waals surface area contributed by atoms with Gasteiger partial charge in [0.15, 0.2) is 6.61 Å². The Labute approximate surface area is 127 Å². The second-order valence-electron chi connectivity index (χ2n) is 5.49. The third kappa shape index (κ3) is 4.66. The molecule has 21 heavy (non-hydrogen) atoms. The number of carbonyl (C=O) groups excluding carboxylic acids is 1. The molecule has 0 heterocycles. The van der Waals surface area contributed by atoms with Gasteiger partial charge in [0.05, 0.1) is 6.61 Å². The molecule has 1 aromatic rings. The Morgan fingerprint density at radius 3 is 2.24 bits per heavy atom. The van der Waals surface area contributed by atoms with Crippen LogP contribution in [0, 0.1) is 0 Å². The normalized spacial score (nSPS) is 15.5. The summed E-state index contributed by atoms with van der Waals surface area (Å²) in [5, 5.41) is 0. The van der Waals surface area contributed by atoms with Crippen molar-refractivity contribution < 1.29 is 14.3 Å². The van der Waals surface area contributed by atoms with Gasteiger partial charge in [-0.2, -0.15) is 0 Å². The third-order valence-electron chi connectivity index (χ3n) is 4.01. The van der Waals surface area contributed by atoms with Crippen molar-refractivity contribution >= 4 is 5.91 Å². The van der Waals surface area contributed by atoms with E-state index in [9.17, 15) is 4.79 Å². The van der Waals surface area contributed by atoms with Crippen molar-refractivity contribution in [2.24, 2.45) is 0 Å². The van der Waals surface area contributed by atoms with Crippen molar-refractivity contribution in [1.82, 2.24) is 4.90 Å². The van der Waals surface area contributed by atoms with Gasteiger partial charge in [0.2, 0.25) is 0 Å². The highest BCUT2D eigenvalue weighted by molar-refractivity contribution is 5.77. The topological polar surface area (TPSA) is 38.8 Å². The molecule has 1 amide bonds. The van der Waals surface area contributed by atoms with Gasteiger partial charge in [-0.05, 0) is 44.0 Å². The first-order valence-electron chi connectivity index (χ1n) is 7.82. The van der Waals surface area contributed by atoms with Crippen LogP contribution in [0.5, 0.6) is 11.5 Å². The fourth-order valence-corrected chi connectivity index (χ4v) is 2.72. The Morgan fingerprint density at radius 1 is 1.10 bits per heavy atom. The van der Waals surface area contributed by atoms with Crippen molar-refractivity contribution in [3.8, 4) is 11.5 Å². The van der Waals surface area contributed by atoms with Gasteiger partial charge < -0.3 is 14.4 Å². The Morgan fingerprint density at radius 2 is 1.67 bits per heavy atom. The van der Waals surface area contributed by atoms with Gasteiger partial charge in [0, 0.05) is 13.1 Å². The van der Waals surface area contributed by atoms with Gasteiger partial charge in [0.1, 0.15) is 11.5 Å². The molecule has 2 rings (SSSR count). The maximum atomic E-state index is 12.2. The van der Waals surface area contributed by atoms with Crippen LogP contribution in [0.3, 0.4) is 0 Å². The summed E-state index contributed by atoms with van der Waals surface area (Å²) < 4.78 is 10.9. The molecule has 0 saturated heterocycles. The van der Waals surface area contributed by atoms with E-state index in [2.05, 4.69) is 0 Å². The number of likely N-dealkylation sites (N-methyl/N-ethyl adjacent to an activating group) is 1. The maximum Gasteiger partial charge on any atom is 0.260 e. The molecule has 0 aliphatic heterocycles. The maximum absolute atomic E-state index is 12.2. The fourth-order valence-electron chi connectivity index (χ4n) is 2.72. The molecule has 0 radical (unpaired) electrons. The van der Waals surface area contributed by atoms with Crippen LogP contribution in [0.4, 0.5) is 0 Å². The van der Waals surface area contributed by atoms with Gasteiger partial charge in [-0.3, -0.25) is 4.79 Å². The van der Waals surface area contributed by atoms with Crippen LogP contribution >= 0.6 is 0 Å². The van der Waals surface area contributed by atoms with Crippen LogP contribution < -0.4 is 9.47 Å². The zero-order valence-corrected chi connectivity index (χ0v) is 13.0. The summed E-state index contributed by atoms with van der Waals surface area (Å²) in [5.74, 6) is 1.56. The van der Waals surface area contributed by atoms with Gasteiger partial charge in [0.25, 0.3) is 5.91 Å². The van der Waals surface area contributed by atoms with E-state index in [1.807, 2.05) is 43.1 Å². The minimum atomic E-state index is 0.0517. The average Bonchev–Trinajstić information content (AvgIpc) is 2.54. The van der Waals surface area contributed by atoms with E-state index < -0.39 is 0 Å². The minimum Gasteiger partial charge on any atom is -0.494 e. The predicted molar refractivity (Wildman–Crippen MR) is 82.7 cm³/mol. The molecule has 0 bridgehead atoms. The van der Waals surface area contributed by atoms with Crippen LogP contribution in [0.1, 0.15) is 39.0 Å². The molecule has 0 N–H and O–H groups in total. The molecule has 0 atom stereocenters.